The summed E-state index contributed by atoms with van der Waals surface area (Å²) in [6.07, 6.45) is 1.75. The Morgan fingerprint density at radius 1 is 1.45 bits per heavy atom. The fourth-order valence-electron chi connectivity index (χ4n) is 2.83. The van der Waals surface area contributed by atoms with Gasteiger partial charge in [-0.2, -0.15) is 0 Å². The molecule has 1 amide bonds. The zero-order valence-corrected chi connectivity index (χ0v) is 12.1. The van der Waals surface area contributed by atoms with Crippen molar-refractivity contribution in [3.63, 3.8) is 0 Å². The van der Waals surface area contributed by atoms with E-state index in [1.807, 2.05) is 35.2 Å². The molecule has 2 atom stereocenters. The third kappa shape index (κ3) is 3.81. The lowest BCUT2D eigenvalue weighted by molar-refractivity contribution is -0.134. The van der Waals surface area contributed by atoms with E-state index in [4.69, 9.17) is 10.5 Å². The maximum Gasteiger partial charge on any atom is 0.227 e. The van der Waals surface area contributed by atoms with E-state index >= 15 is 0 Å². The normalized spacial score (nSPS) is 20.1. The van der Waals surface area contributed by atoms with Crippen molar-refractivity contribution in [2.75, 3.05) is 33.4 Å². The van der Waals surface area contributed by atoms with E-state index in [2.05, 4.69) is 0 Å². The Labute approximate surface area is 120 Å². The molecule has 4 heteroatoms. The lowest BCUT2D eigenvalue weighted by Crippen LogP contribution is -2.39. The summed E-state index contributed by atoms with van der Waals surface area (Å²) < 4.78 is 5.17. The molecular weight excluding hydrogens is 252 g/mol. The van der Waals surface area contributed by atoms with Gasteiger partial charge in [0.2, 0.25) is 5.91 Å². The van der Waals surface area contributed by atoms with E-state index in [1.54, 1.807) is 7.11 Å². The summed E-state index contributed by atoms with van der Waals surface area (Å²) in [6.45, 7) is 2.77. The SMILES string of the molecule is COCC1CCN(C(=O)C(CN)Cc2ccccc2)C1. The van der Waals surface area contributed by atoms with Gasteiger partial charge < -0.3 is 15.4 Å². The van der Waals surface area contributed by atoms with Crippen molar-refractivity contribution in [1.82, 2.24) is 4.90 Å². The van der Waals surface area contributed by atoms with Gasteiger partial charge in [-0.25, -0.2) is 0 Å². The minimum atomic E-state index is -0.112. The highest BCUT2D eigenvalue weighted by atomic mass is 16.5. The second-order valence-electron chi connectivity index (χ2n) is 5.52. The van der Waals surface area contributed by atoms with Crippen molar-refractivity contribution in [3.8, 4) is 0 Å². The lowest BCUT2D eigenvalue weighted by atomic mass is 9.98. The predicted octanol–water partition coefficient (Wildman–Crippen LogP) is 1.30. The zero-order chi connectivity index (χ0) is 14.4. The lowest BCUT2D eigenvalue weighted by Gasteiger charge is -2.22. The van der Waals surface area contributed by atoms with Gasteiger partial charge in [-0.1, -0.05) is 30.3 Å². The first-order valence-corrected chi connectivity index (χ1v) is 7.26. The van der Waals surface area contributed by atoms with E-state index < -0.39 is 0 Å². The highest BCUT2D eigenvalue weighted by Crippen LogP contribution is 2.20. The van der Waals surface area contributed by atoms with Gasteiger partial charge in [0.05, 0.1) is 12.5 Å². The highest BCUT2D eigenvalue weighted by Gasteiger charge is 2.30. The number of nitrogens with zero attached hydrogens (tertiary/aromatic N) is 1. The van der Waals surface area contributed by atoms with Crippen LogP contribution in [0.3, 0.4) is 0 Å². The first-order chi connectivity index (χ1) is 9.74. The van der Waals surface area contributed by atoms with Crippen LogP contribution in [0.15, 0.2) is 30.3 Å². The highest BCUT2D eigenvalue weighted by molar-refractivity contribution is 5.79. The molecule has 0 saturated carbocycles. The molecule has 2 N–H and O–H groups in total. The van der Waals surface area contributed by atoms with Crippen LogP contribution < -0.4 is 5.73 Å². The number of amides is 1. The first-order valence-electron chi connectivity index (χ1n) is 7.26. The Morgan fingerprint density at radius 2 is 2.20 bits per heavy atom. The molecule has 1 saturated heterocycles. The second-order valence-corrected chi connectivity index (χ2v) is 5.52. The maximum absolute atomic E-state index is 12.5. The fourth-order valence-corrected chi connectivity index (χ4v) is 2.83. The Hall–Kier alpha value is -1.39. The number of carbonyl (C=O) groups excluding carboxylic acids is 1. The van der Waals surface area contributed by atoms with Crippen LogP contribution in [0.1, 0.15) is 12.0 Å². The Morgan fingerprint density at radius 3 is 2.85 bits per heavy atom. The van der Waals surface area contributed by atoms with E-state index in [1.165, 1.54) is 5.56 Å². The topological polar surface area (TPSA) is 55.6 Å². The van der Waals surface area contributed by atoms with Crippen molar-refractivity contribution in [2.24, 2.45) is 17.6 Å². The second kappa shape index (κ2) is 7.41. The third-order valence-electron chi connectivity index (χ3n) is 3.96. The quantitative estimate of drug-likeness (QED) is 0.852. The fraction of sp³-hybridized carbons (Fsp3) is 0.562. The van der Waals surface area contributed by atoms with Crippen LogP contribution in [0.4, 0.5) is 0 Å². The predicted molar refractivity (Wildman–Crippen MR) is 79.3 cm³/mol. The maximum atomic E-state index is 12.5. The van der Waals surface area contributed by atoms with Crippen molar-refractivity contribution < 1.29 is 9.53 Å². The number of benzene rings is 1. The Bertz CT molecular complexity index is 422. The van der Waals surface area contributed by atoms with Gasteiger partial charge >= 0.3 is 0 Å². The summed E-state index contributed by atoms with van der Waals surface area (Å²) in [4.78, 5) is 14.5. The molecule has 1 fully saturated rings. The molecule has 0 aliphatic carbocycles. The number of carbonyl (C=O) groups is 1. The summed E-state index contributed by atoms with van der Waals surface area (Å²) in [5, 5.41) is 0. The molecule has 20 heavy (non-hydrogen) atoms. The van der Waals surface area contributed by atoms with Crippen molar-refractivity contribution in [1.29, 1.82) is 0 Å². The van der Waals surface area contributed by atoms with Crippen LogP contribution in [0, 0.1) is 11.8 Å². The molecule has 4 nitrogen and oxygen atoms in total. The summed E-state index contributed by atoms with van der Waals surface area (Å²) in [5.41, 5.74) is 6.98. The van der Waals surface area contributed by atoms with Gasteiger partial charge in [-0.3, -0.25) is 4.79 Å². The van der Waals surface area contributed by atoms with Gasteiger partial charge in [0.15, 0.2) is 0 Å². The van der Waals surface area contributed by atoms with E-state index in [-0.39, 0.29) is 11.8 Å². The standard InChI is InChI=1S/C16H24N2O2/c1-20-12-14-7-8-18(11-14)16(19)15(10-17)9-13-5-3-2-4-6-13/h2-6,14-15H,7-12,17H2,1H3. The van der Waals surface area contributed by atoms with E-state index in [0.29, 0.717) is 12.5 Å². The average molecular weight is 276 g/mol. The number of methoxy groups -OCH3 is 1. The van der Waals surface area contributed by atoms with Crippen LogP contribution in [0.2, 0.25) is 0 Å². The number of likely N-dealkylation sites (tertiary alicyclic amines) is 1. The number of nitrogens with two attached hydrogens (primary N) is 1. The molecule has 1 aliphatic rings. The molecule has 1 aromatic rings. The minimum absolute atomic E-state index is 0.112. The number of hydrogen-bond donors (Lipinski definition) is 1. The summed E-state index contributed by atoms with van der Waals surface area (Å²) in [7, 11) is 1.71. The molecule has 2 unspecified atom stereocenters. The van der Waals surface area contributed by atoms with Gasteiger partial charge in [-0.05, 0) is 18.4 Å². The molecule has 0 spiro atoms. The van der Waals surface area contributed by atoms with Crippen molar-refractivity contribution in [3.05, 3.63) is 35.9 Å². The van der Waals surface area contributed by atoms with Crippen molar-refractivity contribution in [2.45, 2.75) is 12.8 Å². The zero-order valence-electron chi connectivity index (χ0n) is 12.1. The molecule has 0 aromatic heterocycles. The van der Waals surface area contributed by atoms with Gasteiger partial charge in [0, 0.05) is 32.7 Å². The number of rotatable bonds is 6. The largest absolute Gasteiger partial charge is 0.384 e. The molecule has 0 bridgehead atoms. The molecule has 1 aromatic carbocycles. The number of hydrogen-bond acceptors (Lipinski definition) is 3. The Kier molecular flexibility index (Phi) is 5.56. The van der Waals surface area contributed by atoms with Gasteiger partial charge in [0.25, 0.3) is 0 Å². The molecule has 1 aliphatic heterocycles. The van der Waals surface area contributed by atoms with Crippen LogP contribution in [0.5, 0.6) is 0 Å². The summed E-state index contributed by atoms with van der Waals surface area (Å²) in [6, 6.07) is 10.1. The smallest absolute Gasteiger partial charge is 0.227 e. The molecule has 1 heterocycles. The van der Waals surface area contributed by atoms with E-state index in [9.17, 15) is 4.79 Å². The van der Waals surface area contributed by atoms with Crippen LogP contribution >= 0.6 is 0 Å². The molecular formula is C16H24N2O2. The third-order valence-corrected chi connectivity index (χ3v) is 3.96. The van der Waals surface area contributed by atoms with Crippen molar-refractivity contribution >= 4 is 5.91 Å². The summed E-state index contributed by atoms with van der Waals surface area (Å²) >= 11 is 0. The van der Waals surface area contributed by atoms with Gasteiger partial charge in [-0.15, -0.1) is 0 Å². The first kappa shape index (κ1) is 15.0. The molecule has 2 rings (SSSR count). The monoisotopic (exact) mass is 276 g/mol. The van der Waals surface area contributed by atoms with E-state index in [0.717, 1.165) is 32.5 Å². The Balaban J connectivity index is 1.92. The summed E-state index contributed by atoms with van der Waals surface area (Å²) in [5.74, 6) is 0.549. The van der Waals surface area contributed by atoms with Crippen LogP contribution in [-0.4, -0.2) is 44.2 Å². The average Bonchev–Trinajstić information content (AvgIpc) is 2.94. The minimum Gasteiger partial charge on any atom is -0.384 e. The van der Waals surface area contributed by atoms with Crippen LogP contribution in [0.25, 0.3) is 0 Å². The van der Waals surface area contributed by atoms with Gasteiger partial charge in [0.1, 0.15) is 0 Å². The molecule has 0 radical (unpaired) electrons. The number of ether oxygens (including phenoxy) is 1. The molecule has 110 valence electrons. The van der Waals surface area contributed by atoms with Crippen LogP contribution in [-0.2, 0) is 16.0 Å².